The van der Waals surface area contributed by atoms with Gasteiger partial charge in [-0.1, -0.05) is 18.2 Å². The molecular weight excluding hydrogens is 210 g/mol. The first-order chi connectivity index (χ1) is 7.72. The van der Waals surface area contributed by atoms with Gasteiger partial charge in [-0.05, 0) is 6.07 Å². The third-order valence-electron chi connectivity index (χ3n) is 2.49. The van der Waals surface area contributed by atoms with Crippen LogP contribution in [-0.4, -0.2) is 30.8 Å². The maximum absolute atomic E-state index is 11.2. The number of phenols is 1. The molecule has 0 aromatic heterocycles. The smallest absolute Gasteiger partial charge is 0.325 e. The highest BCUT2D eigenvalue weighted by molar-refractivity contribution is 5.76. The average molecular weight is 223 g/mol. The first-order valence-electron chi connectivity index (χ1n) is 4.95. The van der Waals surface area contributed by atoms with E-state index in [4.69, 9.17) is 4.74 Å². The van der Waals surface area contributed by atoms with E-state index in [1.54, 1.807) is 24.3 Å². The molecule has 1 fully saturated rings. The van der Waals surface area contributed by atoms with E-state index in [1.165, 1.54) is 7.11 Å². The predicted molar refractivity (Wildman–Crippen MR) is 55.7 cm³/mol. The Morgan fingerprint density at radius 3 is 3.00 bits per heavy atom. The molecule has 0 spiro atoms. The molecule has 1 aromatic carbocycles. The van der Waals surface area contributed by atoms with Gasteiger partial charge in [0.25, 0.3) is 0 Å². The van der Waals surface area contributed by atoms with Crippen LogP contribution in [0.1, 0.15) is 11.8 Å². The molecule has 1 aliphatic rings. The molecule has 5 nitrogen and oxygen atoms in total. The number of esters is 1. The lowest BCUT2D eigenvalue weighted by Crippen LogP contribution is -2.34. The molecule has 1 aliphatic heterocycles. The van der Waals surface area contributed by atoms with Crippen LogP contribution < -0.4 is 5.32 Å². The highest BCUT2D eigenvalue weighted by Gasteiger charge is 2.32. The lowest BCUT2D eigenvalue weighted by Gasteiger charge is -2.12. The van der Waals surface area contributed by atoms with Crippen molar-refractivity contribution in [1.29, 1.82) is 0 Å². The van der Waals surface area contributed by atoms with Gasteiger partial charge in [0.1, 0.15) is 18.0 Å². The zero-order chi connectivity index (χ0) is 11.5. The van der Waals surface area contributed by atoms with Gasteiger partial charge in [0, 0.05) is 5.56 Å². The number of benzene rings is 1. The second-order valence-electron chi connectivity index (χ2n) is 3.51. The van der Waals surface area contributed by atoms with Gasteiger partial charge in [-0.25, -0.2) is 0 Å². The summed E-state index contributed by atoms with van der Waals surface area (Å²) in [6, 6.07) is 6.37. The van der Waals surface area contributed by atoms with Crippen molar-refractivity contribution < 1.29 is 19.4 Å². The summed E-state index contributed by atoms with van der Waals surface area (Å²) in [4.78, 5) is 11.2. The number of para-hydroxylation sites is 1. The molecule has 0 amide bonds. The molecule has 1 heterocycles. The van der Waals surface area contributed by atoms with Crippen LogP contribution in [0.25, 0.3) is 0 Å². The molecular formula is C11H13NO4. The molecule has 5 heteroatoms. The van der Waals surface area contributed by atoms with Crippen molar-refractivity contribution in [3.8, 4) is 5.75 Å². The molecule has 2 unspecified atom stereocenters. The van der Waals surface area contributed by atoms with Crippen molar-refractivity contribution >= 4 is 5.97 Å². The van der Waals surface area contributed by atoms with Gasteiger partial charge in [0.15, 0.2) is 0 Å². The van der Waals surface area contributed by atoms with Crippen LogP contribution in [0.3, 0.4) is 0 Å². The normalized spacial score (nSPS) is 24.3. The minimum Gasteiger partial charge on any atom is -0.508 e. The van der Waals surface area contributed by atoms with E-state index >= 15 is 0 Å². The summed E-state index contributed by atoms with van der Waals surface area (Å²) in [5, 5.41) is 12.6. The summed E-state index contributed by atoms with van der Waals surface area (Å²) in [6.45, 7) is 0.242. The number of nitrogens with one attached hydrogen (secondary N) is 1. The number of carbonyl (C=O) groups is 1. The summed E-state index contributed by atoms with van der Waals surface area (Å²) in [5.74, 6) is -0.219. The van der Waals surface area contributed by atoms with Crippen molar-refractivity contribution in [3.63, 3.8) is 0 Å². The van der Waals surface area contributed by atoms with Crippen molar-refractivity contribution in [2.45, 2.75) is 12.3 Å². The third kappa shape index (κ3) is 2.00. The molecule has 1 aromatic rings. The van der Waals surface area contributed by atoms with Crippen molar-refractivity contribution in [2.75, 3.05) is 13.7 Å². The molecule has 0 saturated carbocycles. The molecule has 2 atom stereocenters. The van der Waals surface area contributed by atoms with Crippen LogP contribution in [0, 0.1) is 0 Å². The molecule has 0 aliphatic carbocycles. The van der Waals surface area contributed by atoms with Crippen LogP contribution in [0.2, 0.25) is 0 Å². The first-order valence-corrected chi connectivity index (χ1v) is 4.95. The number of ether oxygens (including phenoxy) is 2. The van der Waals surface area contributed by atoms with Crippen LogP contribution >= 0.6 is 0 Å². The zero-order valence-corrected chi connectivity index (χ0v) is 8.84. The Labute approximate surface area is 93.0 Å². The maximum Gasteiger partial charge on any atom is 0.325 e. The standard InChI is InChI=1S/C11H13NO4/c1-15-11(14)8-6-16-10(12-8)7-4-2-3-5-9(7)13/h2-5,8,10,12-13H,6H2,1H3. The molecule has 16 heavy (non-hydrogen) atoms. The predicted octanol–water partition coefficient (Wildman–Crippen LogP) is 0.552. The fraction of sp³-hybridized carbons (Fsp3) is 0.364. The van der Waals surface area contributed by atoms with Gasteiger partial charge >= 0.3 is 5.97 Å². The highest BCUT2D eigenvalue weighted by Crippen LogP contribution is 2.27. The third-order valence-corrected chi connectivity index (χ3v) is 2.49. The summed E-state index contributed by atoms with van der Waals surface area (Å²) < 4.78 is 9.99. The SMILES string of the molecule is COC(=O)C1COC(c2ccccc2O)N1. The van der Waals surface area contributed by atoms with Crippen molar-refractivity contribution in [3.05, 3.63) is 29.8 Å². The van der Waals surface area contributed by atoms with Gasteiger partial charge in [-0.2, -0.15) is 0 Å². The largest absolute Gasteiger partial charge is 0.508 e. The molecule has 2 N–H and O–H groups in total. The van der Waals surface area contributed by atoms with E-state index in [2.05, 4.69) is 10.1 Å². The minimum absolute atomic E-state index is 0.144. The number of carbonyl (C=O) groups excluding carboxylic acids is 1. The molecule has 0 radical (unpaired) electrons. The van der Waals surface area contributed by atoms with Crippen LogP contribution in [0.15, 0.2) is 24.3 Å². The number of rotatable bonds is 2. The van der Waals surface area contributed by atoms with E-state index in [0.717, 1.165) is 0 Å². The quantitative estimate of drug-likeness (QED) is 0.717. The molecule has 2 rings (SSSR count). The van der Waals surface area contributed by atoms with Crippen molar-refractivity contribution in [2.24, 2.45) is 0 Å². The zero-order valence-electron chi connectivity index (χ0n) is 8.84. The number of methoxy groups -OCH3 is 1. The van der Waals surface area contributed by atoms with Gasteiger partial charge < -0.3 is 14.6 Å². The lowest BCUT2D eigenvalue weighted by atomic mass is 10.2. The molecule has 86 valence electrons. The number of aromatic hydroxyl groups is 1. The molecule has 0 bridgehead atoms. The minimum atomic E-state index is -0.477. The maximum atomic E-state index is 11.2. The van der Waals surface area contributed by atoms with E-state index in [-0.39, 0.29) is 18.3 Å². The number of phenolic OH excluding ortho intramolecular Hbond substituents is 1. The van der Waals surface area contributed by atoms with Gasteiger partial charge in [-0.3, -0.25) is 10.1 Å². The fourth-order valence-electron chi connectivity index (χ4n) is 1.64. The highest BCUT2D eigenvalue weighted by atomic mass is 16.5. The molecule has 1 saturated heterocycles. The van der Waals surface area contributed by atoms with Crippen LogP contribution in [0.4, 0.5) is 0 Å². The van der Waals surface area contributed by atoms with Gasteiger partial charge in [0.05, 0.1) is 13.7 Å². The Balaban J connectivity index is 2.09. The van der Waals surface area contributed by atoms with Gasteiger partial charge in [-0.15, -0.1) is 0 Å². The average Bonchev–Trinajstić information content (AvgIpc) is 2.78. The number of hydrogen-bond acceptors (Lipinski definition) is 5. The van der Waals surface area contributed by atoms with E-state index < -0.39 is 12.3 Å². The van der Waals surface area contributed by atoms with E-state index in [0.29, 0.717) is 5.56 Å². The Kier molecular flexibility index (Phi) is 3.07. The Morgan fingerprint density at radius 1 is 1.56 bits per heavy atom. The van der Waals surface area contributed by atoms with Crippen molar-refractivity contribution in [1.82, 2.24) is 5.32 Å². The second-order valence-corrected chi connectivity index (χ2v) is 3.51. The summed E-state index contributed by atoms with van der Waals surface area (Å²) in [7, 11) is 1.33. The van der Waals surface area contributed by atoms with Crippen LogP contribution in [-0.2, 0) is 14.3 Å². The van der Waals surface area contributed by atoms with Gasteiger partial charge in [0.2, 0.25) is 0 Å². The Hall–Kier alpha value is -1.59. The topological polar surface area (TPSA) is 67.8 Å². The second kappa shape index (κ2) is 4.51. The monoisotopic (exact) mass is 223 g/mol. The van der Waals surface area contributed by atoms with E-state index in [1.807, 2.05) is 0 Å². The lowest BCUT2D eigenvalue weighted by molar-refractivity contribution is -0.142. The summed E-state index contributed by atoms with van der Waals surface area (Å²) in [6.07, 6.45) is -0.467. The summed E-state index contributed by atoms with van der Waals surface area (Å²) in [5.41, 5.74) is 0.619. The first kappa shape index (κ1) is 10.9. The van der Waals surface area contributed by atoms with Crippen LogP contribution in [0.5, 0.6) is 5.75 Å². The Bertz CT molecular complexity index is 393. The summed E-state index contributed by atoms with van der Waals surface area (Å²) >= 11 is 0. The number of hydrogen-bond donors (Lipinski definition) is 2. The Morgan fingerprint density at radius 2 is 2.31 bits per heavy atom. The fourth-order valence-corrected chi connectivity index (χ4v) is 1.64. The van der Waals surface area contributed by atoms with E-state index in [9.17, 15) is 9.90 Å².